The molecular formula is C17H18Br2FNO2. The standard InChI is InChI=1S/C15H12Br2FNO2.C2H6/c1-8-5-11(17)14(21-2)7-13(8)19-15(20)9-3-4-10(16)12(18)6-9;1-2/h3-7H,1-2H3,(H,19,20);1-2H3. The molecule has 0 radical (unpaired) electrons. The molecule has 0 aliphatic carbocycles. The molecule has 2 rings (SSSR count). The van der Waals surface area contributed by atoms with Gasteiger partial charge in [-0.2, -0.15) is 0 Å². The Morgan fingerprint density at radius 2 is 1.78 bits per heavy atom. The SMILES string of the molecule is CC.COc1cc(NC(=O)c2ccc(Br)c(F)c2)c(C)cc1Br. The number of aryl methyl sites for hydroxylation is 1. The lowest BCUT2D eigenvalue weighted by atomic mass is 10.1. The highest BCUT2D eigenvalue weighted by molar-refractivity contribution is 9.10. The number of carbonyl (C=O) groups excluding carboxylic acids is 1. The molecule has 124 valence electrons. The number of amides is 1. The molecule has 0 saturated heterocycles. The van der Waals surface area contributed by atoms with Crippen molar-refractivity contribution in [3.05, 3.63) is 56.2 Å². The summed E-state index contributed by atoms with van der Waals surface area (Å²) in [5.41, 5.74) is 1.73. The van der Waals surface area contributed by atoms with Crippen LogP contribution in [0.4, 0.5) is 10.1 Å². The van der Waals surface area contributed by atoms with Gasteiger partial charge in [-0.15, -0.1) is 0 Å². The maximum absolute atomic E-state index is 13.5. The third kappa shape index (κ3) is 5.04. The minimum Gasteiger partial charge on any atom is -0.495 e. The van der Waals surface area contributed by atoms with Crippen molar-refractivity contribution in [2.75, 3.05) is 12.4 Å². The normalized spacial score (nSPS) is 9.70. The Hall–Kier alpha value is -1.40. The van der Waals surface area contributed by atoms with Gasteiger partial charge >= 0.3 is 0 Å². The predicted molar refractivity (Wildman–Crippen MR) is 98.8 cm³/mol. The largest absolute Gasteiger partial charge is 0.495 e. The molecule has 23 heavy (non-hydrogen) atoms. The van der Waals surface area contributed by atoms with Crippen LogP contribution in [-0.2, 0) is 0 Å². The molecule has 0 aliphatic heterocycles. The molecular weight excluding hydrogens is 429 g/mol. The minimum atomic E-state index is -0.479. The van der Waals surface area contributed by atoms with E-state index in [1.807, 2.05) is 26.8 Å². The smallest absolute Gasteiger partial charge is 0.255 e. The second-order valence-corrected chi connectivity index (χ2v) is 6.09. The van der Waals surface area contributed by atoms with Crippen LogP contribution in [0.15, 0.2) is 39.3 Å². The number of nitrogens with one attached hydrogen (secondary N) is 1. The van der Waals surface area contributed by atoms with Crippen molar-refractivity contribution in [1.82, 2.24) is 0 Å². The van der Waals surface area contributed by atoms with Crippen LogP contribution in [0.2, 0.25) is 0 Å². The topological polar surface area (TPSA) is 38.3 Å². The molecule has 1 N–H and O–H groups in total. The molecule has 0 aromatic heterocycles. The molecule has 3 nitrogen and oxygen atoms in total. The molecule has 0 fully saturated rings. The van der Waals surface area contributed by atoms with Crippen LogP contribution >= 0.6 is 31.9 Å². The van der Waals surface area contributed by atoms with E-state index in [1.165, 1.54) is 12.1 Å². The fourth-order valence-corrected chi connectivity index (χ4v) is 2.64. The summed E-state index contributed by atoms with van der Waals surface area (Å²) in [7, 11) is 1.55. The number of anilines is 1. The van der Waals surface area contributed by atoms with Crippen molar-refractivity contribution in [2.45, 2.75) is 20.8 Å². The maximum Gasteiger partial charge on any atom is 0.255 e. The lowest BCUT2D eigenvalue weighted by molar-refractivity contribution is 0.102. The number of rotatable bonds is 3. The molecule has 1 amide bonds. The van der Waals surface area contributed by atoms with E-state index in [1.54, 1.807) is 19.2 Å². The zero-order valence-corrected chi connectivity index (χ0v) is 16.5. The van der Waals surface area contributed by atoms with Gasteiger partial charge in [0.15, 0.2) is 0 Å². The van der Waals surface area contributed by atoms with Crippen molar-refractivity contribution < 1.29 is 13.9 Å². The third-order valence-corrected chi connectivity index (χ3v) is 4.19. The van der Waals surface area contributed by atoms with Gasteiger partial charge in [-0.3, -0.25) is 4.79 Å². The quantitative estimate of drug-likeness (QED) is 0.632. The Balaban J connectivity index is 0.00000127. The molecule has 0 saturated carbocycles. The highest BCUT2D eigenvalue weighted by atomic mass is 79.9. The molecule has 0 atom stereocenters. The molecule has 0 aliphatic rings. The summed E-state index contributed by atoms with van der Waals surface area (Å²) in [6.07, 6.45) is 0. The summed E-state index contributed by atoms with van der Waals surface area (Å²) in [5.74, 6) is -0.250. The third-order valence-electron chi connectivity index (χ3n) is 2.93. The van der Waals surface area contributed by atoms with Crippen molar-refractivity contribution in [3.63, 3.8) is 0 Å². The van der Waals surface area contributed by atoms with Gasteiger partial charge < -0.3 is 10.1 Å². The van der Waals surface area contributed by atoms with Crippen LogP contribution < -0.4 is 10.1 Å². The van der Waals surface area contributed by atoms with Crippen LogP contribution in [-0.4, -0.2) is 13.0 Å². The summed E-state index contributed by atoms with van der Waals surface area (Å²) in [6, 6.07) is 7.79. The van der Waals surface area contributed by atoms with E-state index in [0.717, 1.165) is 10.0 Å². The van der Waals surface area contributed by atoms with E-state index in [4.69, 9.17) is 4.74 Å². The van der Waals surface area contributed by atoms with Crippen LogP contribution in [0.5, 0.6) is 5.75 Å². The van der Waals surface area contributed by atoms with Gasteiger partial charge in [-0.25, -0.2) is 4.39 Å². The van der Waals surface area contributed by atoms with Crippen molar-refractivity contribution in [1.29, 1.82) is 0 Å². The van der Waals surface area contributed by atoms with Gasteiger partial charge in [0.2, 0.25) is 0 Å². The van der Waals surface area contributed by atoms with Crippen molar-refractivity contribution in [3.8, 4) is 5.75 Å². The Bertz CT molecular complexity index is 705. The Labute approximate surface area is 152 Å². The van der Waals surface area contributed by atoms with Gasteiger partial charge in [0.25, 0.3) is 5.91 Å². The lowest BCUT2D eigenvalue weighted by Crippen LogP contribution is -2.13. The first kappa shape index (κ1) is 19.6. The summed E-state index contributed by atoms with van der Waals surface area (Å²) in [5, 5.41) is 2.75. The first-order chi connectivity index (χ1) is 10.9. The molecule has 0 bridgehead atoms. The summed E-state index contributed by atoms with van der Waals surface area (Å²) >= 11 is 6.43. The predicted octanol–water partition coefficient (Wildman–Crippen LogP) is 5.95. The van der Waals surface area contributed by atoms with Gasteiger partial charge in [-0.1, -0.05) is 13.8 Å². The van der Waals surface area contributed by atoms with Crippen molar-refractivity contribution >= 4 is 43.5 Å². The molecule has 2 aromatic rings. The van der Waals surface area contributed by atoms with Crippen molar-refractivity contribution in [2.24, 2.45) is 0 Å². The van der Waals surface area contributed by atoms with Crippen LogP contribution in [0.1, 0.15) is 29.8 Å². The number of methoxy groups -OCH3 is 1. The van der Waals surface area contributed by atoms with Crippen LogP contribution in [0, 0.1) is 12.7 Å². The monoisotopic (exact) mass is 445 g/mol. The zero-order chi connectivity index (χ0) is 17.6. The maximum atomic E-state index is 13.5. The first-order valence-electron chi connectivity index (χ1n) is 7.03. The van der Waals surface area contributed by atoms with E-state index < -0.39 is 5.82 Å². The first-order valence-corrected chi connectivity index (χ1v) is 8.61. The Kier molecular flexibility index (Phi) is 7.72. The second-order valence-electron chi connectivity index (χ2n) is 4.38. The average Bonchev–Trinajstić information content (AvgIpc) is 2.54. The molecule has 0 heterocycles. The summed E-state index contributed by atoms with van der Waals surface area (Å²) < 4.78 is 19.8. The number of ether oxygens (including phenoxy) is 1. The average molecular weight is 447 g/mol. The Morgan fingerprint density at radius 3 is 2.35 bits per heavy atom. The van der Waals surface area contributed by atoms with E-state index >= 15 is 0 Å². The Morgan fingerprint density at radius 1 is 1.13 bits per heavy atom. The van der Waals surface area contributed by atoms with Gasteiger partial charge in [-0.05, 0) is 68.6 Å². The molecule has 6 heteroatoms. The number of hydrogen-bond donors (Lipinski definition) is 1. The highest BCUT2D eigenvalue weighted by Gasteiger charge is 2.12. The van der Waals surface area contributed by atoms with Gasteiger partial charge in [0.05, 0.1) is 16.1 Å². The lowest BCUT2D eigenvalue weighted by Gasteiger charge is -2.12. The fourth-order valence-electron chi connectivity index (χ4n) is 1.78. The minimum absolute atomic E-state index is 0.247. The molecule has 0 spiro atoms. The molecule has 0 unspecified atom stereocenters. The summed E-state index contributed by atoms with van der Waals surface area (Å²) in [4.78, 5) is 12.2. The summed E-state index contributed by atoms with van der Waals surface area (Å²) in [6.45, 7) is 5.86. The van der Waals surface area contributed by atoms with E-state index in [9.17, 15) is 9.18 Å². The van der Waals surface area contributed by atoms with Gasteiger partial charge in [0, 0.05) is 17.3 Å². The van der Waals surface area contributed by atoms with Crippen LogP contribution in [0.25, 0.3) is 0 Å². The van der Waals surface area contributed by atoms with E-state index in [0.29, 0.717) is 15.9 Å². The number of halogens is 3. The number of carbonyl (C=O) groups is 1. The van der Waals surface area contributed by atoms with Crippen LogP contribution in [0.3, 0.4) is 0 Å². The molecule has 2 aromatic carbocycles. The van der Waals surface area contributed by atoms with Gasteiger partial charge in [0.1, 0.15) is 11.6 Å². The van der Waals surface area contributed by atoms with E-state index in [2.05, 4.69) is 37.2 Å². The zero-order valence-electron chi connectivity index (χ0n) is 13.3. The number of benzene rings is 2. The second kappa shape index (κ2) is 9.03. The fraction of sp³-hybridized carbons (Fsp3) is 0.235. The highest BCUT2D eigenvalue weighted by Crippen LogP contribution is 2.31. The number of hydrogen-bond acceptors (Lipinski definition) is 2. The van der Waals surface area contributed by atoms with E-state index in [-0.39, 0.29) is 11.5 Å².